The molecule has 0 bridgehead atoms. The molecule has 2 heterocycles. The summed E-state index contributed by atoms with van der Waals surface area (Å²) in [6.07, 6.45) is 2.23. The van der Waals surface area contributed by atoms with Gasteiger partial charge in [-0.1, -0.05) is 47.5 Å². The number of benzene rings is 3. The van der Waals surface area contributed by atoms with E-state index in [1.165, 1.54) is 11.1 Å². The van der Waals surface area contributed by atoms with E-state index in [0.717, 1.165) is 10.5 Å². The molecule has 0 aliphatic carbocycles. The molecule has 176 valence electrons. The molecule has 8 nitrogen and oxygen atoms in total. The lowest BCUT2D eigenvalue weighted by Gasteiger charge is -2.26. The molecule has 9 heteroatoms. The maximum absolute atomic E-state index is 13.5. The molecule has 0 unspecified atom stereocenters. The number of hydroxylamine groups is 1. The Morgan fingerprint density at radius 2 is 1.60 bits per heavy atom. The van der Waals surface area contributed by atoms with E-state index in [1.54, 1.807) is 66.7 Å². The van der Waals surface area contributed by atoms with Crippen molar-refractivity contribution >= 4 is 46.6 Å². The van der Waals surface area contributed by atoms with Crippen LogP contribution < -0.4 is 9.96 Å². The molecule has 2 fully saturated rings. The zero-order chi connectivity index (χ0) is 24.7. The minimum absolute atomic E-state index is 0.0626. The Kier molecular flexibility index (Phi) is 5.84. The van der Waals surface area contributed by atoms with Crippen LogP contribution in [0, 0.1) is 23.0 Å². The predicted molar refractivity (Wildman–Crippen MR) is 132 cm³/mol. The first-order chi connectivity index (χ1) is 16.8. The fraction of sp³-hybridized carbons (Fsp3) is 0.154. The van der Waals surface area contributed by atoms with Crippen molar-refractivity contribution in [2.75, 3.05) is 9.96 Å². The second-order valence-corrected chi connectivity index (χ2v) is 8.80. The monoisotopic (exact) mass is 489 g/mol. The van der Waals surface area contributed by atoms with Gasteiger partial charge < -0.3 is 0 Å². The number of fused-ring (bicyclic) bond motifs is 1. The number of rotatable bonds is 5. The van der Waals surface area contributed by atoms with E-state index in [-0.39, 0.29) is 5.69 Å². The number of carbonyl (C=O) groups excluding carboxylic acids is 2. The van der Waals surface area contributed by atoms with Crippen molar-refractivity contribution in [2.24, 2.45) is 5.92 Å². The van der Waals surface area contributed by atoms with Gasteiger partial charge in [0, 0.05) is 11.1 Å². The van der Waals surface area contributed by atoms with Gasteiger partial charge in [-0.2, -0.15) is 0 Å². The molecule has 3 aromatic rings. The number of carbonyl (C=O) groups is 2. The Hall–Kier alpha value is -4.01. The van der Waals surface area contributed by atoms with Crippen LogP contribution in [0.3, 0.4) is 0 Å². The summed E-state index contributed by atoms with van der Waals surface area (Å²) >= 11 is 6.03. The van der Waals surface area contributed by atoms with Crippen molar-refractivity contribution in [1.82, 2.24) is 0 Å². The van der Waals surface area contributed by atoms with Gasteiger partial charge in [-0.05, 0) is 55.5 Å². The van der Waals surface area contributed by atoms with E-state index in [0.29, 0.717) is 22.0 Å². The Bertz CT molecular complexity index is 1340. The minimum Gasteiger partial charge on any atom is -0.273 e. The molecule has 2 aliphatic heterocycles. The number of nitro benzene ring substituents is 1. The lowest BCUT2D eigenvalue weighted by atomic mass is 9.95. The number of para-hydroxylation sites is 1. The van der Waals surface area contributed by atoms with Gasteiger partial charge in [0.2, 0.25) is 5.91 Å². The lowest BCUT2D eigenvalue weighted by molar-refractivity contribution is -0.385. The molecule has 3 aromatic carbocycles. The number of halogens is 1. The summed E-state index contributed by atoms with van der Waals surface area (Å²) in [4.78, 5) is 45.0. The highest BCUT2D eigenvalue weighted by atomic mass is 35.5. The van der Waals surface area contributed by atoms with Crippen molar-refractivity contribution in [1.29, 1.82) is 0 Å². The van der Waals surface area contributed by atoms with Crippen molar-refractivity contribution in [3.8, 4) is 0 Å². The number of hydrogen-bond donors (Lipinski definition) is 0. The number of nitrogens with zero attached hydrogens (tertiary/aromatic N) is 3. The third kappa shape index (κ3) is 4.07. The summed E-state index contributed by atoms with van der Waals surface area (Å²) in [6, 6.07) is 19.5. The Morgan fingerprint density at radius 1 is 0.943 bits per heavy atom. The van der Waals surface area contributed by atoms with Gasteiger partial charge in [0.1, 0.15) is 5.92 Å². The van der Waals surface area contributed by atoms with Crippen LogP contribution in [-0.2, 0) is 14.4 Å². The Labute approximate surface area is 206 Å². The van der Waals surface area contributed by atoms with Crippen LogP contribution in [0.4, 0.5) is 17.1 Å². The van der Waals surface area contributed by atoms with Crippen LogP contribution in [0.15, 0.2) is 78.9 Å². The van der Waals surface area contributed by atoms with Crippen molar-refractivity contribution in [3.05, 3.63) is 105 Å². The fourth-order valence-corrected chi connectivity index (χ4v) is 4.53. The number of nitro groups is 1. The van der Waals surface area contributed by atoms with Gasteiger partial charge in [-0.25, -0.2) is 9.96 Å². The standard InChI is InChI=1S/C26H20ClN3O5/c1-16-6-11-19(12-7-16)28-25(31)23-22(15-8-17-4-2-3-5-21(17)30(33)34)29(35-24(23)26(28)32)20-13-9-18(27)10-14-20/h2-15,22-24H,1H3/b15-8+/t22-,23+,24-/m1/s1. The normalized spacial score (nSPS) is 21.7. The van der Waals surface area contributed by atoms with Crippen LogP contribution in [0.25, 0.3) is 6.08 Å². The molecule has 3 atom stereocenters. The molecule has 2 aliphatic rings. The maximum atomic E-state index is 13.5. The molecule has 0 aromatic heterocycles. The first kappa shape index (κ1) is 22.8. The van der Waals surface area contributed by atoms with Crippen molar-refractivity contribution in [2.45, 2.75) is 19.1 Å². The van der Waals surface area contributed by atoms with Crippen molar-refractivity contribution < 1.29 is 19.3 Å². The van der Waals surface area contributed by atoms with Gasteiger partial charge >= 0.3 is 0 Å². The zero-order valence-corrected chi connectivity index (χ0v) is 19.3. The summed E-state index contributed by atoms with van der Waals surface area (Å²) in [7, 11) is 0. The average molecular weight is 490 g/mol. The third-order valence-electron chi connectivity index (χ3n) is 6.14. The molecule has 2 amide bonds. The molecular formula is C26H20ClN3O5. The third-order valence-corrected chi connectivity index (χ3v) is 6.39. The first-order valence-electron chi connectivity index (χ1n) is 10.9. The summed E-state index contributed by atoms with van der Waals surface area (Å²) in [5, 5.41) is 13.5. The average Bonchev–Trinajstić information content (AvgIpc) is 3.34. The van der Waals surface area contributed by atoms with Crippen LogP contribution in [-0.4, -0.2) is 28.9 Å². The number of anilines is 2. The molecule has 0 saturated carbocycles. The second kappa shape index (κ2) is 8.98. The number of hydrogen-bond acceptors (Lipinski definition) is 6. The highest BCUT2D eigenvalue weighted by molar-refractivity contribution is 6.30. The minimum atomic E-state index is -1.03. The molecule has 0 spiro atoms. The SMILES string of the molecule is Cc1ccc(N2C(=O)[C@H]3[C@@H](/C=C/c4ccccc4[N+](=O)[O-])N(c4ccc(Cl)cc4)O[C@H]3C2=O)cc1. The molecule has 0 radical (unpaired) electrons. The molecular weight excluding hydrogens is 470 g/mol. The smallest absolute Gasteiger partial charge is 0.273 e. The highest BCUT2D eigenvalue weighted by Crippen LogP contribution is 2.41. The van der Waals surface area contributed by atoms with Crippen molar-refractivity contribution in [3.63, 3.8) is 0 Å². The topological polar surface area (TPSA) is 93.0 Å². The largest absolute Gasteiger partial charge is 0.276 e. The molecule has 5 rings (SSSR count). The van der Waals surface area contributed by atoms with Crippen LogP contribution in [0.2, 0.25) is 5.02 Å². The van der Waals surface area contributed by atoms with E-state index in [1.807, 2.05) is 19.1 Å². The van der Waals surface area contributed by atoms with Gasteiger partial charge in [-0.15, -0.1) is 0 Å². The highest BCUT2D eigenvalue weighted by Gasteiger charge is 2.59. The molecule has 0 N–H and O–H groups in total. The quantitative estimate of drug-likeness (QED) is 0.286. The molecule has 35 heavy (non-hydrogen) atoms. The van der Waals surface area contributed by atoms with Gasteiger partial charge in [0.05, 0.1) is 27.9 Å². The van der Waals surface area contributed by atoms with E-state index in [9.17, 15) is 19.7 Å². The zero-order valence-electron chi connectivity index (χ0n) is 18.6. The van der Waals surface area contributed by atoms with E-state index in [4.69, 9.17) is 16.4 Å². The second-order valence-electron chi connectivity index (χ2n) is 8.37. The molecule has 2 saturated heterocycles. The van der Waals surface area contributed by atoms with Gasteiger partial charge in [0.25, 0.3) is 11.6 Å². The Morgan fingerprint density at radius 3 is 2.29 bits per heavy atom. The fourth-order valence-electron chi connectivity index (χ4n) is 4.41. The first-order valence-corrected chi connectivity index (χ1v) is 11.3. The van der Waals surface area contributed by atoms with Crippen LogP contribution >= 0.6 is 11.6 Å². The van der Waals surface area contributed by atoms with Gasteiger partial charge in [-0.3, -0.25) is 24.5 Å². The number of amides is 2. The maximum Gasteiger partial charge on any atom is 0.276 e. The summed E-state index contributed by atoms with van der Waals surface area (Å²) in [6.45, 7) is 1.92. The van der Waals surface area contributed by atoms with Gasteiger partial charge in [0.15, 0.2) is 6.10 Å². The van der Waals surface area contributed by atoms with E-state index >= 15 is 0 Å². The van der Waals surface area contributed by atoms with Crippen LogP contribution in [0.1, 0.15) is 11.1 Å². The number of aryl methyl sites for hydroxylation is 1. The summed E-state index contributed by atoms with van der Waals surface area (Å²) in [5.41, 5.74) is 2.39. The number of imide groups is 1. The predicted octanol–water partition coefficient (Wildman–Crippen LogP) is 4.95. The van der Waals surface area contributed by atoms with E-state index < -0.39 is 34.8 Å². The van der Waals surface area contributed by atoms with E-state index in [2.05, 4.69) is 0 Å². The summed E-state index contributed by atoms with van der Waals surface area (Å²) in [5.74, 6) is -1.68. The lowest BCUT2D eigenvalue weighted by Crippen LogP contribution is -2.39. The summed E-state index contributed by atoms with van der Waals surface area (Å²) < 4.78 is 0. The van der Waals surface area contributed by atoms with Crippen LogP contribution in [0.5, 0.6) is 0 Å². The Balaban J connectivity index is 1.54.